The van der Waals surface area contributed by atoms with Crippen molar-refractivity contribution in [2.45, 2.75) is 12.4 Å². The molecule has 0 saturated heterocycles. The molecule has 0 radical (unpaired) electrons. The molecule has 3 nitrogen and oxygen atoms in total. The summed E-state index contributed by atoms with van der Waals surface area (Å²) in [5, 5.41) is 1.14. The minimum Gasteiger partial charge on any atom is -0.459 e. The van der Waals surface area contributed by atoms with E-state index in [0.717, 1.165) is 28.8 Å². The second-order valence-electron chi connectivity index (χ2n) is 6.93. The zero-order chi connectivity index (χ0) is 22.7. The Balaban J connectivity index is 1.72. The Labute approximate surface area is 199 Å². The predicted molar refractivity (Wildman–Crippen MR) is 126 cm³/mol. The monoisotopic (exact) mass is 488 g/mol. The van der Waals surface area contributed by atoms with Gasteiger partial charge in [-0.3, -0.25) is 0 Å². The van der Waals surface area contributed by atoms with Gasteiger partial charge in [0.2, 0.25) is 0 Å². The van der Waals surface area contributed by atoms with E-state index in [9.17, 15) is 8.78 Å². The molecule has 0 N–H and O–H groups in total. The van der Waals surface area contributed by atoms with Crippen LogP contribution in [0.1, 0.15) is 11.1 Å². The third-order valence-electron chi connectivity index (χ3n) is 4.74. The summed E-state index contributed by atoms with van der Waals surface area (Å²) in [7, 11) is 0. The Morgan fingerprint density at radius 1 is 0.844 bits per heavy atom. The number of hydrogen-bond donors (Lipinski definition) is 1. The maximum absolute atomic E-state index is 13.5. The minimum absolute atomic E-state index is 0.0198. The molecule has 0 aliphatic carbocycles. The van der Waals surface area contributed by atoms with E-state index in [1.165, 1.54) is 6.07 Å². The molecule has 0 atom stereocenters. The van der Waals surface area contributed by atoms with Gasteiger partial charge in [0.25, 0.3) is 0 Å². The highest BCUT2D eigenvalue weighted by molar-refractivity contribution is 7.79. The van der Waals surface area contributed by atoms with Crippen molar-refractivity contribution in [3.63, 3.8) is 0 Å². The van der Waals surface area contributed by atoms with Crippen LogP contribution in [0.2, 0.25) is 10.0 Å². The lowest BCUT2D eigenvalue weighted by molar-refractivity contribution is 0.280. The summed E-state index contributed by atoms with van der Waals surface area (Å²) in [4.78, 5) is 8.87. The Morgan fingerprint density at radius 3 is 2.28 bits per heavy atom. The molecule has 0 aliphatic rings. The highest BCUT2D eigenvalue weighted by Gasteiger charge is 2.16. The molecule has 4 rings (SSSR count). The van der Waals surface area contributed by atoms with Crippen LogP contribution in [0.15, 0.2) is 66.9 Å². The first-order valence-electron chi connectivity index (χ1n) is 9.54. The minimum atomic E-state index is -0.941. The van der Waals surface area contributed by atoms with E-state index in [4.69, 9.17) is 27.9 Å². The van der Waals surface area contributed by atoms with Gasteiger partial charge in [-0.15, -0.1) is 0 Å². The molecule has 4 aromatic rings. The van der Waals surface area contributed by atoms with E-state index >= 15 is 0 Å². The molecule has 0 unspecified atom stereocenters. The van der Waals surface area contributed by atoms with E-state index in [-0.39, 0.29) is 12.6 Å². The van der Waals surface area contributed by atoms with Crippen molar-refractivity contribution in [1.29, 1.82) is 0 Å². The van der Waals surface area contributed by atoms with Gasteiger partial charge in [-0.2, -0.15) is 17.6 Å². The van der Waals surface area contributed by atoms with Crippen LogP contribution in [-0.2, 0) is 12.4 Å². The van der Waals surface area contributed by atoms with E-state index in [1.54, 1.807) is 18.3 Å². The van der Waals surface area contributed by atoms with Crippen LogP contribution < -0.4 is 4.74 Å². The number of halogens is 4. The average Bonchev–Trinajstić information content (AvgIpc) is 2.80. The third kappa shape index (κ3) is 5.04. The van der Waals surface area contributed by atoms with Crippen molar-refractivity contribution in [2.75, 3.05) is 0 Å². The molecule has 162 valence electrons. The normalized spacial score (nSPS) is 10.9. The zero-order valence-electron chi connectivity index (χ0n) is 16.5. The summed E-state index contributed by atoms with van der Waals surface area (Å²) in [6.45, 7) is -0.0198. The van der Waals surface area contributed by atoms with E-state index in [2.05, 4.69) is 22.6 Å². The molecule has 32 heavy (non-hydrogen) atoms. The van der Waals surface area contributed by atoms with Gasteiger partial charge in [0, 0.05) is 38.7 Å². The lowest BCUT2D eigenvalue weighted by Crippen LogP contribution is -2.02. The number of ether oxygens (including phenoxy) is 1. The van der Waals surface area contributed by atoms with Crippen molar-refractivity contribution < 1.29 is 13.5 Å². The lowest BCUT2D eigenvalue weighted by atomic mass is 10.00. The quantitative estimate of drug-likeness (QED) is 0.287. The van der Waals surface area contributed by atoms with Crippen LogP contribution in [0.3, 0.4) is 0 Å². The molecule has 3 aromatic carbocycles. The molecule has 8 heteroatoms. The van der Waals surface area contributed by atoms with Gasteiger partial charge in [0.15, 0.2) is 11.6 Å². The van der Waals surface area contributed by atoms with Gasteiger partial charge < -0.3 is 4.74 Å². The molecular weight excluding hydrogens is 473 g/mol. The zero-order valence-corrected chi connectivity index (χ0v) is 18.9. The van der Waals surface area contributed by atoms with Gasteiger partial charge in [-0.1, -0.05) is 53.5 Å². The fraction of sp³-hybridized carbons (Fsp3) is 0.0833. The van der Waals surface area contributed by atoms with Crippen molar-refractivity contribution in [1.82, 2.24) is 9.97 Å². The first kappa shape index (κ1) is 22.5. The fourth-order valence-electron chi connectivity index (χ4n) is 3.11. The number of rotatable bonds is 6. The van der Waals surface area contributed by atoms with E-state index < -0.39 is 11.6 Å². The Kier molecular flexibility index (Phi) is 6.94. The first-order valence-corrected chi connectivity index (χ1v) is 10.9. The maximum atomic E-state index is 13.5. The molecule has 0 saturated carbocycles. The molecule has 1 heterocycles. The summed E-state index contributed by atoms with van der Waals surface area (Å²) in [5.41, 5.74) is 4.30. The molecule has 0 fully saturated rings. The fourth-order valence-corrected chi connectivity index (χ4v) is 3.74. The largest absolute Gasteiger partial charge is 0.459 e. The van der Waals surface area contributed by atoms with Crippen LogP contribution in [0.4, 0.5) is 8.78 Å². The standard InChI is InChI=1S/C24H16Cl2F2N2OS/c25-17-5-3-16(4-6-17)23-19(18-7-1-15(13-32)9-20(18)26)11-29-24(30-23)31-12-14-2-8-21(27)22(28)10-14/h1-11,32H,12-13H2. The second-order valence-corrected chi connectivity index (χ2v) is 8.09. The third-order valence-corrected chi connectivity index (χ3v) is 5.67. The molecule has 0 bridgehead atoms. The van der Waals surface area contributed by atoms with Gasteiger partial charge in [-0.25, -0.2) is 13.8 Å². The lowest BCUT2D eigenvalue weighted by Gasteiger charge is -2.13. The summed E-state index contributed by atoms with van der Waals surface area (Å²) in [6.07, 6.45) is 1.62. The molecule has 0 spiro atoms. The van der Waals surface area contributed by atoms with Crippen molar-refractivity contribution >= 4 is 35.8 Å². The van der Waals surface area contributed by atoms with Gasteiger partial charge >= 0.3 is 6.01 Å². The van der Waals surface area contributed by atoms with Crippen LogP contribution in [0.25, 0.3) is 22.4 Å². The Hall–Kier alpha value is -2.67. The smallest absolute Gasteiger partial charge is 0.317 e. The van der Waals surface area contributed by atoms with Crippen LogP contribution in [0, 0.1) is 11.6 Å². The van der Waals surface area contributed by atoms with Gasteiger partial charge in [-0.05, 0) is 41.5 Å². The second kappa shape index (κ2) is 9.86. The number of nitrogens with zero attached hydrogens (tertiary/aromatic N) is 2. The summed E-state index contributed by atoms with van der Waals surface area (Å²) in [6, 6.07) is 16.5. The summed E-state index contributed by atoms with van der Waals surface area (Å²) in [5.74, 6) is -1.29. The molecular formula is C24H16Cl2F2N2OS. The first-order chi connectivity index (χ1) is 15.4. The van der Waals surface area contributed by atoms with E-state index in [1.807, 2.05) is 30.3 Å². The van der Waals surface area contributed by atoms with Crippen LogP contribution in [-0.4, -0.2) is 9.97 Å². The topological polar surface area (TPSA) is 35.0 Å². The van der Waals surface area contributed by atoms with E-state index in [0.29, 0.717) is 32.6 Å². The van der Waals surface area contributed by atoms with Crippen molar-refractivity contribution in [2.24, 2.45) is 0 Å². The Bertz CT molecular complexity index is 1270. The number of thiol groups is 1. The SMILES string of the molecule is Fc1ccc(COc2ncc(-c3ccc(CS)cc3Cl)c(-c3ccc(Cl)cc3)n2)cc1F. The van der Waals surface area contributed by atoms with Crippen molar-refractivity contribution in [3.05, 3.63) is 99.7 Å². The molecule has 0 amide bonds. The molecule has 0 aliphatic heterocycles. The number of hydrogen-bond acceptors (Lipinski definition) is 4. The van der Waals surface area contributed by atoms with Crippen LogP contribution in [0.5, 0.6) is 6.01 Å². The molecule has 1 aromatic heterocycles. The predicted octanol–water partition coefficient (Wildman–Crippen LogP) is 7.40. The van der Waals surface area contributed by atoms with Crippen LogP contribution >= 0.6 is 35.8 Å². The number of benzene rings is 3. The van der Waals surface area contributed by atoms with Crippen molar-refractivity contribution in [3.8, 4) is 28.4 Å². The number of aromatic nitrogens is 2. The van der Waals surface area contributed by atoms with Gasteiger partial charge in [0.1, 0.15) is 6.61 Å². The summed E-state index contributed by atoms with van der Waals surface area (Å²) >= 11 is 16.9. The average molecular weight is 489 g/mol. The highest BCUT2D eigenvalue weighted by Crippen LogP contribution is 2.36. The summed E-state index contributed by atoms with van der Waals surface area (Å²) < 4.78 is 32.3. The van der Waals surface area contributed by atoms with Gasteiger partial charge in [0.05, 0.1) is 5.69 Å². The highest BCUT2D eigenvalue weighted by atomic mass is 35.5. The Morgan fingerprint density at radius 2 is 1.59 bits per heavy atom. The maximum Gasteiger partial charge on any atom is 0.317 e.